The van der Waals surface area contributed by atoms with Crippen molar-refractivity contribution in [3.63, 3.8) is 0 Å². The van der Waals surface area contributed by atoms with Gasteiger partial charge in [0.1, 0.15) is 5.82 Å². The summed E-state index contributed by atoms with van der Waals surface area (Å²) in [6.45, 7) is 4.85. The zero-order valence-electron chi connectivity index (χ0n) is 15.5. The third-order valence-corrected chi connectivity index (χ3v) is 5.01. The van der Waals surface area contributed by atoms with Gasteiger partial charge in [0.2, 0.25) is 5.91 Å². The number of carbonyl (C=O) groups excluding carboxylic acids is 1. The number of nitrogens with one attached hydrogen (secondary N) is 1. The molecule has 1 atom stereocenters. The Balaban J connectivity index is 1.45. The predicted molar refractivity (Wildman–Crippen MR) is 100 cm³/mol. The van der Waals surface area contributed by atoms with Gasteiger partial charge in [0.15, 0.2) is 0 Å². The van der Waals surface area contributed by atoms with Gasteiger partial charge >= 0.3 is 0 Å². The number of benzene rings is 1. The smallest absolute Gasteiger partial charge is 0.224 e. The van der Waals surface area contributed by atoms with E-state index in [0.29, 0.717) is 18.0 Å². The zero-order chi connectivity index (χ0) is 18.5. The Labute approximate surface area is 154 Å². The van der Waals surface area contributed by atoms with E-state index in [1.54, 1.807) is 13.0 Å². The highest BCUT2D eigenvalue weighted by molar-refractivity contribution is 5.91. The first-order valence-electron chi connectivity index (χ1n) is 9.25. The third kappa shape index (κ3) is 5.14. The average Bonchev–Trinajstić information content (AvgIpc) is 3.01. The number of rotatable bonds is 6. The Bertz CT molecular complexity index is 758. The van der Waals surface area contributed by atoms with E-state index in [0.717, 1.165) is 31.6 Å². The molecule has 2 heterocycles. The number of aromatic nitrogens is 2. The van der Waals surface area contributed by atoms with E-state index < -0.39 is 0 Å². The Kier molecular flexibility index (Phi) is 6.04. The summed E-state index contributed by atoms with van der Waals surface area (Å²) in [6.07, 6.45) is 7.71. The van der Waals surface area contributed by atoms with E-state index in [2.05, 4.69) is 21.5 Å². The summed E-state index contributed by atoms with van der Waals surface area (Å²) in [6, 6.07) is 4.44. The van der Waals surface area contributed by atoms with E-state index >= 15 is 0 Å². The molecular formula is C20H27FN4O. The van der Waals surface area contributed by atoms with E-state index in [4.69, 9.17) is 0 Å². The van der Waals surface area contributed by atoms with Gasteiger partial charge in [0.25, 0.3) is 0 Å². The summed E-state index contributed by atoms with van der Waals surface area (Å²) < 4.78 is 15.0. The molecule has 1 amide bonds. The number of likely N-dealkylation sites (tertiary alicyclic amines) is 1. The van der Waals surface area contributed by atoms with Gasteiger partial charge in [-0.05, 0) is 62.4 Å². The van der Waals surface area contributed by atoms with E-state index in [1.807, 2.05) is 17.9 Å². The molecule has 1 aliphatic rings. The normalized spacial score (nSPS) is 18.0. The highest BCUT2D eigenvalue weighted by Gasteiger charge is 2.21. The Morgan fingerprint density at radius 1 is 1.42 bits per heavy atom. The molecule has 6 heteroatoms. The van der Waals surface area contributed by atoms with Crippen LogP contribution in [0, 0.1) is 18.7 Å². The molecule has 2 aromatic rings. The van der Waals surface area contributed by atoms with Gasteiger partial charge in [0.05, 0.1) is 6.20 Å². The molecule has 1 N–H and O–H groups in total. The van der Waals surface area contributed by atoms with Gasteiger partial charge < -0.3 is 5.32 Å². The first kappa shape index (κ1) is 18.6. The lowest BCUT2D eigenvalue weighted by atomic mass is 9.93. The molecule has 1 saturated heterocycles. The van der Waals surface area contributed by atoms with Crippen molar-refractivity contribution in [1.82, 2.24) is 14.7 Å². The highest BCUT2D eigenvalue weighted by atomic mass is 19.1. The lowest BCUT2D eigenvalue weighted by molar-refractivity contribution is -0.116. The van der Waals surface area contributed by atoms with Crippen molar-refractivity contribution in [3.8, 4) is 0 Å². The first-order chi connectivity index (χ1) is 12.5. The van der Waals surface area contributed by atoms with Gasteiger partial charge in [-0.2, -0.15) is 5.10 Å². The van der Waals surface area contributed by atoms with Crippen molar-refractivity contribution in [2.45, 2.75) is 39.2 Å². The summed E-state index contributed by atoms with van der Waals surface area (Å²) in [4.78, 5) is 14.7. The Morgan fingerprint density at radius 2 is 2.27 bits per heavy atom. The number of halogens is 1. The van der Waals surface area contributed by atoms with Crippen LogP contribution >= 0.6 is 0 Å². The minimum absolute atomic E-state index is 0.00379. The molecule has 1 fully saturated rings. The average molecular weight is 358 g/mol. The summed E-state index contributed by atoms with van der Waals surface area (Å²) >= 11 is 0. The lowest BCUT2D eigenvalue weighted by Crippen LogP contribution is -2.35. The molecule has 5 nitrogen and oxygen atoms in total. The Hall–Kier alpha value is -2.21. The van der Waals surface area contributed by atoms with Crippen molar-refractivity contribution in [1.29, 1.82) is 0 Å². The van der Waals surface area contributed by atoms with Crippen LogP contribution < -0.4 is 5.32 Å². The predicted octanol–water partition coefficient (Wildman–Crippen LogP) is 3.50. The highest BCUT2D eigenvalue weighted by Crippen LogP contribution is 2.23. The monoisotopic (exact) mass is 358 g/mol. The number of amides is 1. The number of carbonyl (C=O) groups is 1. The van der Waals surface area contributed by atoms with Crippen LogP contribution in [0.2, 0.25) is 0 Å². The maximum Gasteiger partial charge on any atom is 0.224 e. The van der Waals surface area contributed by atoms with Crippen LogP contribution in [0.15, 0.2) is 30.6 Å². The fourth-order valence-corrected chi connectivity index (χ4v) is 3.66. The maximum absolute atomic E-state index is 13.1. The van der Waals surface area contributed by atoms with Gasteiger partial charge in [-0.25, -0.2) is 4.39 Å². The summed E-state index contributed by atoms with van der Waals surface area (Å²) in [5.74, 6) is 0.265. The van der Waals surface area contributed by atoms with Crippen molar-refractivity contribution in [3.05, 3.63) is 47.5 Å². The maximum atomic E-state index is 13.1. The molecule has 0 spiro atoms. The molecular weight excluding hydrogens is 331 g/mol. The second-order valence-electron chi connectivity index (χ2n) is 7.31. The topological polar surface area (TPSA) is 50.2 Å². The van der Waals surface area contributed by atoms with Gasteiger partial charge in [-0.3, -0.25) is 14.4 Å². The molecule has 1 aliphatic heterocycles. The molecule has 0 saturated carbocycles. The first-order valence-corrected chi connectivity index (χ1v) is 9.25. The standard InChI is InChI=1S/C20H27FN4O/c1-15-10-18(21)6-7-19(15)23-20(26)8-5-16-4-3-9-25(13-16)14-17-11-22-24(2)12-17/h6-7,10-12,16H,3-5,8-9,13-14H2,1-2H3,(H,23,26). The summed E-state index contributed by atoms with van der Waals surface area (Å²) in [7, 11) is 1.93. The fourth-order valence-electron chi connectivity index (χ4n) is 3.66. The van der Waals surface area contributed by atoms with Crippen molar-refractivity contribution in [2.24, 2.45) is 13.0 Å². The molecule has 26 heavy (non-hydrogen) atoms. The molecule has 0 bridgehead atoms. The SMILES string of the molecule is Cc1cc(F)ccc1NC(=O)CCC1CCCN(Cc2cnn(C)c2)C1. The number of hydrogen-bond acceptors (Lipinski definition) is 3. The lowest BCUT2D eigenvalue weighted by Gasteiger charge is -2.32. The van der Waals surface area contributed by atoms with Crippen molar-refractivity contribution < 1.29 is 9.18 Å². The third-order valence-electron chi connectivity index (χ3n) is 5.01. The van der Waals surface area contributed by atoms with Crippen LogP contribution in [0.3, 0.4) is 0 Å². The summed E-state index contributed by atoms with van der Waals surface area (Å²) in [5, 5.41) is 7.13. The van der Waals surface area contributed by atoms with E-state index in [1.165, 1.54) is 30.5 Å². The molecule has 1 aromatic heterocycles. The minimum Gasteiger partial charge on any atom is -0.326 e. The number of anilines is 1. The largest absolute Gasteiger partial charge is 0.326 e. The van der Waals surface area contributed by atoms with Crippen LogP contribution in [0.1, 0.15) is 36.8 Å². The van der Waals surface area contributed by atoms with E-state index in [9.17, 15) is 9.18 Å². The molecule has 1 aromatic carbocycles. The Morgan fingerprint density at radius 3 is 3.00 bits per heavy atom. The number of nitrogens with zero attached hydrogens (tertiary/aromatic N) is 3. The molecule has 3 rings (SSSR count). The summed E-state index contributed by atoms with van der Waals surface area (Å²) in [5.41, 5.74) is 2.68. The zero-order valence-corrected chi connectivity index (χ0v) is 15.5. The number of piperidine rings is 1. The van der Waals surface area contributed by atoms with Crippen molar-refractivity contribution >= 4 is 11.6 Å². The van der Waals surface area contributed by atoms with Crippen LogP contribution in [0.4, 0.5) is 10.1 Å². The van der Waals surface area contributed by atoms with Crippen LogP contribution in [-0.4, -0.2) is 33.7 Å². The van der Waals surface area contributed by atoms with Gasteiger partial charge in [0, 0.05) is 44.0 Å². The van der Waals surface area contributed by atoms with Crippen LogP contribution in [0.5, 0.6) is 0 Å². The van der Waals surface area contributed by atoms with Gasteiger partial charge in [-0.1, -0.05) is 0 Å². The number of aryl methyl sites for hydroxylation is 2. The molecule has 140 valence electrons. The van der Waals surface area contributed by atoms with Crippen LogP contribution in [0.25, 0.3) is 0 Å². The molecule has 1 unspecified atom stereocenters. The molecule has 0 radical (unpaired) electrons. The second kappa shape index (κ2) is 8.45. The quantitative estimate of drug-likeness (QED) is 0.860. The number of hydrogen-bond donors (Lipinski definition) is 1. The molecule has 0 aliphatic carbocycles. The fraction of sp³-hybridized carbons (Fsp3) is 0.500. The van der Waals surface area contributed by atoms with Crippen LogP contribution in [-0.2, 0) is 18.4 Å². The van der Waals surface area contributed by atoms with Crippen molar-refractivity contribution in [2.75, 3.05) is 18.4 Å². The van der Waals surface area contributed by atoms with Gasteiger partial charge in [-0.15, -0.1) is 0 Å². The second-order valence-corrected chi connectivity index (χ2v) is 7.31. The van der Waals surface area contributed by atoms with E-state index in [-0.39, 0.29) is 11.7 Å². The minimum atomic E-state index is -0.281.